The number of carbonyl (C=O) groups is 1. The molecule has 0 aliphatic carbocycles. The Morgan fingerprint density at radius 1 is 1.04 bits per heavy atom. The molecule has 0 bridgehead atoms. The zero-order valence-electron chi connectivity index (χ0n) is 14.7. The van der Waals surface area contributed by atoms with Gasteiger partial charge in [-0.3, -0.25) is 9.78 Å². The fourth-order valence-electron chi connectivity index (χ4n) is 3.12. The lowest BCUT2D eigenvalue weighted by atomic mass is 10.1. The molecule has 144 valence electrons. The van der Waals surface area contributed by atoms with Crippen molar-refractivity contribution in [2.45, 2.75) is 0 Å². The van der Waals surface area contributed by atoms with Crippen LogP contribution in [0.2, 0.25) is 15.1 Å². The molecular formula is C20H16Cl3N3OS. The summed E-state index contributed by atoms with van der Waals surface area (Å²) in [7, 11) is 0. The molecule has 1 saturated heterocycles. The fraction of sp³-hybridized carbons (Fsp3) is 0.200. The molecule has 4 rings (SSSR count). The number of thioether (sulfide) groups is 1. The molecule has 1 amide bonds. The highest BCUT2D eigenvalue weighted by atomic mass is 35.5. The number of amides is 1. The van der Waals surface area contributed by atoms with Gasteiger partial charge in [0.15, 0.2) is 0 Å². The molecule has 2 aromatic carbocycles. The average molecular weight is 453 g/mol. The Bertz CT molecular complexity index is 1050. The molecule has 1 aliphatic heterocycles. The van der Waals surface area contributed by atoms with Crippen LogP contribution in [-0.4, -0.2) is 40.4 Å². The summed E-state index contributed by atoms with van der Waals surface area (Å²) in [4.78, 5) is 19.6. The summed E-state index contributed by atoms with van der Waals surface area (Å²) in [6.07, 6.45) is 1.62. The summed E-state index contributed by atoms with van der Waals surface area (Å²) >= 11 is 20.5. The lowest BCUT2D eigenvalue weighted by molar-refractivity contribution is 0.0773. The summed E-state index contributed by atoms with van der Waals surface area (Å²) in [5.41, 5.74) is 2.53. The smallest absolute Gasteiger partial charge is 0.257 e. The van der Waals surface area contributed by atoms with Crippen molar-refractivity contribution in [2.75, 3.05) is 29.9 Å². The molecule has 3 aromatic rings. The average Bonchev–Trinajstić information content (AvgIpc) is 2.70. The predicted octanol–water partition coefficient (Wildman–Crippen LogP) is 6.13. The number of fused-ring (bicyclic) bond motifs is 1. The molecule has 0 saturated carbocycles. The van der Waals surface area contributed by atoms with E-state index in [1.165, 1.54) is 0 Å². The van der Waals surface area contributed by atoms with Crippen LogP contribution in [0, 0.1) is 0 Å². The minimum Gasteiger partial charge on any atom is -0.353 e. The summed E-state index contributed by atoms with van der Waals surface area (Å²) in [6, 6.07) is 10.6. The molecule has 4 nitrogen and oxygen atoms in total. The second-order valence-corrected chi connectivity index (χ2v) is 8.87. The Balaban J connectivity index is 1.84. The third-order valence-corrected chi connectivity index (χ3v) is 6.27. The van der Waals surface area contributed by atoms with Gasteiger partial charge in [0.1, 0.15) is 0 Å². The highest BCUT2D eigenvalue weighted by Crippen LogP contribution is 2.35. The predicted molar refractivity (Wildman–Crippen MR) is 120 cm³/mol. The first-order chi connectivity index (χ1) is 13.5. The van der Waals surface area contributed by atoms with Crippen LogP contribution in [0.4, 0.5) is 11.4 Å². The summed E-state index contributed by atoms with van der Waals surface area (Å²) in [5, 5.41) is 5.65. The van der Waals surface area contributed by atoms with E-state index < -0.39 is 0 Å². The van der Waals surface area contributed by atoms with Gasteiger partial charge in [-0.25, -0.2) is 0 Å². The maximum atomic E-state index is 13.2. The van der Waals surface area contributed by atoms with Crippen LogP contribution in [0.3, 0.4) is 0 Å². The van der Waals surface area contributed by atoms with E-state index in [9.17, 15) is 4.79 Å². The second kappa shape index (κ2) is 8.37. The van der Waals surface area contributed by atoms with Crippen LogP contribution in [-0.2, 0) is 0 Å². The van der Waals surface area contributed by atoms with Crippen molar-refractivity contribution in [3.05, 3.63) is 63.2 Å². The van der Waals surface area contributed by atoms with Crippen molar-refractivity contribution in [3.63, 3.8) is 0 Å². The molecule has 0 radical (unpaired) electrons. The van der Waals surface area contributed by atoms with E-state index in [0.29, 0.717) is 32.0 Å². The molecule has 0 unspecified atom stereocenters. The van der Waals surface area contributed by atoms with E-state index in [1.807, 2.05) is 22.7 Å². The van der Waals surface area contributed by atoms with Crippen molar-refractivity contribution in [3.8, 4) is 0 Å². The molecule has 0 spiro atoms. The molecule has 1 aliphatic rings. The number of hydrogen-bond acceptors (Lipinski definition) is 4. The van der Waals surface area contributed by atoms with E-state index in [-0.39, 0.29) is 5.91 Å². The topological polar surface area (TPSA) is 45.2 Å². The Morgan fingerprint density at radius 3 is 2.50 bits per heavy atom. The molecular weight excluding hydrogens is 437 g/mol. The number of aromatic nitrogens is 1. The van der Waals surface area contributed by atoms with Crippen LogP contribution in [0.5, 0.6) is 0 Å². The molecule has 8 heteroatoms. The van der Waals surface area contributed by atoms with Gasteiger partial charge in [0.2, 0.25) is 0 Å². The molecule has 1 N–H and O–H groups in total. The van der Waals surface area contributed by atoms with Gasteiger partial charge in [-0.05, 0) is 36.4 Å². The molecule has 1 aromatic heterocycles. The number of nitrogens with zero attached hydrogens (tertiary/aromatic N) is 2. The molecule has 28 heavy (non-hydrogen) atoms. The lowest BCUT2D eigenvalue weighted by Crippen LogP contribution is -2.38. The van der Waals surface area contributed by atoms with Gasteiger partial charge < -0.3 is 10.2 Å². The first-order valence-electron chi connectivity index (χ1n) is 8.70. The van der Waals surface area contributed by atoms with Gasteiger partial charge in [0, 0.05) is 46.2 Å². The van der Waals surface area contributed by atoms with Crippen molar-refractivity contribution < 1.29 is 4.79 Å². The normalized spacial score (nSPS) is 14.3. The summed E-state index contributed by atoms with van der Waals surface area (Å²) < 4.78 is 0. The standard InChI is InChI=1S/C20H16Cl3N3OS/c21-12-1-3-17-14(9-12)19(25-18-4-2-13(22)10-16(18)23)15(11-24-17)20(27)26-5-7-28-8-6-26/h1-4,9-11H,5-8H2,(H,24,25). The van der Waals surface area contributed by atoms with E-state index >= 15 is 0 Å². The number of rotatable bonds is 3. The maximum Gasteiger partial charge on any atom is 0.257 e. The lowest BCUT2D eigenvalue weighted by Gasteiger charge is -2.27. The van der Waals surface area contributed by atoms with Crippen molar-refractivity contribution >= 4 is 74.7 Å². The van der Waals surface area contributed by atoms with Crippen LogP contribution < -0.4 is 5.32 Å². The van der Waals surface area contributed by atoms with Crippen molar-refractivity contribution in [1.82, 2.24) is 9.88 Å². The zero-order chi connectivity index (χ0) is 19.7. The largest absolute Gasteiger partial charge is 0.353 e. The zero-order valence-corrected chi connectivity index (χ0v) is 17.8. The number of nitrogens with one attached hydrogen (secondary N) is 1. The third kappa shape index (κ3) is 4.03. The third-order valence-electron chi connectivity index (χ3n) is 4.55. The van der Waals surface area contributed by atoms with Crippen molar-refractivity contribution in [2.24, 2.45) is 0 Å². The number of anilines is 2. The monoisotopic (exact) mass is 451 g/mol. The molecule has 2 heterocycles. The van der Waals surface area contributed by atoms with Gasteiger partial charge in [-0.1, -0.05) is 34.8 Å². The van der Waals surface area contributed by atoms with E-state index in [4.69, 9.17) is 34.8 Å². The summed E-state index contributed by atoms with van der Waals surface area (Å²) in [6.45, 7) is 1.44. The van der Waals surface area contributed by atoms with E-state index in [2.05, 4.69) is 10.3 Å². The Labute approximate surface area is 182 Å². The van der Waals surface area contributed by atoms with Crippen LogP contribution in [0.1, 0.15) is 10.4 Å². The highest BCUT2D eigenvalue weighted by Gasteiger charge is 2.23. The Kier molecular flexibility index (Phi) is 5.88. The van der Waals surface area contributed by atoms with Gasteiger partial charge in [-0.15, -0.1) is 0 Å². The fourth-order valence-corrected chi connectivity index (χ4v) is 4.65. The maximum absolute atomic E-state index is 13.2. The number of halogens is 3. The SMILES string of the molecule is O=C(c1cnc2ccc(Cl)cc2c1Nc1ccc(Cl)cc1Cl)N1CCSCC1. The number of carbonyl (C=O) groups excluding carboxylic acids is 1. The second-order valence-electron chi connectivity index (χ2n) is 6.36. The molecule has 1 fully saturated rings. The summed E-state index contributed by atoms with van der Waals surface area (Å²) in [5.74, 6) is 1.82. The van der Waals surface area contributed by atoms with E-state index in [0.717, 1.165) is 35.5 Å². The van der Waals surface area contributed by atoms with Gasteiger partial charge in [-0.2, -0.15) is 11.8 Å². The first kappa shape index (κ1) is 19.6. The van der Waals surface area contributed by atoms with Crippen LogP contribution in [0.15, 0.2) is 42.6 Å². The number of hydrogen-bond donors (Lipinski definition) is 1. The Hall–Kier alpha value is -1.66. The minimum absolute atomic E-state index is 0.0535. The van der Waals surface area contributed by atoms with Gasteiger partial charge in [0.25, 0.3) is 5.91 Å². The van der Waals surface area contributed by atoms with Gasteiger partial charge in [0.05, 0.1) is 27.5 Å². The number of pyridine rings is 1. The van der Waals surface area contributed by atoms with Gasteiger partial charge >= 0.3 is 0 Å². The Morgan fingerprint density at radius 2 is 1.75 bits per heavy atom. The number of benzene rings is 2. The minimum atomic E-state index is -0.0535. The first-order valence-corrected chi connectivity index (χ1v) is 11.0. The highest BCUT2D eigenvalue weighted by molar-refractivity contribution is 7.99. The van der Waals surface area contributed by atoms with Crippen LogP contribution >= 0.6 is 46.6 Å². The van der Waals surface area contributed by atoms with Crippen LogP contribution in [0.25, 0.3) is 10.9 Å². The quantitative estimate of drug-likeness (QED) is 0.519. The molecule has 0 atom stereocenters. The van der Waals surface area contributed by atoms with E-state index in [1.54, 1.807) is 36.5 Å². The van der Waals surface area contributed by atoms with Crippen molar-refractivity contribution in [1.29, 1.82) is 0 Å².